The zero-order valence-corrected chi connectivity index (χ0v) is 14.9. The molecule has 0 spiro atoms. The molecule has 5 heteroatoms. The lowest BCUT2D eigenvalue weighted by Crippen LogP contribution is -2.32. The van der Waals surface area contributed by atoms with Crippen molar-refractivity contribution in [3.05, 3.63) is 59.2 Å². The molecule has 2 aromatic carbocycles. The Morgan fingerprint density at radius 1 is 1.04 bits per heavy atom. The minimum Gasteiger partial charge on any atom is -0.478 e. The highest BCUT2D eigenvalue weighted by atomic mass is 16.5. The summed E-state index contributed by atoms with van der Waals surface area (Å²) in [5.41, 5.74) is 3.38. The first-order valence-corrected chi connectivity index (χ1v) is 8.16. The fourth-order valence-corrected chi connectivity index (χ4v) is 2.38. The van der Waals surface area contributed by atoms with Crippen molar-refractivity contribution in [1.29, 1.82) is 0 Å². The molecule has 0 aliphatic carbocycles. The number of aliphatic carboxylic acids is 1. The summed E-state index contributed by atoms with van der Waals surface area (Å²) >= 11 is 0. The number of rotatable bonds is 6. The number of ether oxygens (including phenoxy) is 1. The highest BCUT2D eigenvalue weighted by Gasteiger charge is 2.23. The van der Waals surface area contributed by atoms with Crippen LogP contribution in [0.15, 0.2) is 42.5 Å². The van der Waals surface area contributed by atoms with Crippen LogP contribution in [0.5, 0.6) is 5.75 Å². The summed E-state index contributed by atoms with van der Waals surface area (Å²) in [7, 11) is 0. The first kappa shape index (κ1) is 18.5. The third kappa shape index (κ3) is 4.59. The second-order valence-corrected chi connectivity index (χ2v) is 6.35. The Kier molecular flexibility index (Phi) is 5.80. The van der Waals surface area contributed by atoms with Crippen molar-refractivity contribution < 1.29 is 19.4 Å². The van der Waals surface area contributed by atoms with Crippen LogP contribution < -0.4 is 10.1 Å². The van der Waals surface area contributed by atoms with Gasteiger partial charge in [0, 0.05) is 17.2 Å². The highest BCUT2D eigenvalue weighted by molar-refractivity contribution is 6.04. The van der Waals surface area contributed by atoms with Crippen LogP contribution in [0.2, 0.25) is 0 Å². The molecule has 1 atom stereocenters. The van der Waals surface area contributed by atoms with Crippen LogP contribution >= 0.6 is 0 Å². The summed E-state index contributed by atoms with van der Waals surface area (Å²) in [4.78, 5) is 23.6. The Hall–Kier alpha value is -2.82. The number of carboxylic acids is 1. The first-order chi connectivity index (χ1) is 11.8. The summed E-state index contributed by atoms with van der Waals surface area (Å²) < 4.78 is 5.49. The van der Waals surface area contributed by atoms with E-state index in [2.05, 4.69) is 5.32 Å². The largest absolute Gasteiger partial charge is 0.478 e. The molecule has 0 aliphatic heterocycles. The fourth-order valence-electron chi connectivity index (χ4n) is 2.38. The van der Waals surface area contributed by atoms with E-state index in [0.29, 0.717) is 11.3 Å². The van der Waals surface area contributed by atoms with Crippen LogP contribution in [-0.2, 0) is 4.79 Å². The predicted octanol–water partition coefficient (Wildman–Crippen LogP) is 4.04. The van der Waals surface area contributed by atoms with Gasteiger partial charge in [-0.25, -0.2) is 4.79 Å². The van der Waals surface area contributed by atoms with E-state index in [1.165, 1.54) is 0 Å². The third-order valence-corrected chi connectivity index (χ3v) is 4.08. The molecule has 132 valence electrons. The SMILES string of the molecule is Cc1cccc(NC(=O)c2ccc(OC(C(=O)O)C(C)C)cc2)c1C. The van der Waals surface area contributed by atoms with Crippen molar-refractivity contribution >= 4 is 17.6 Å². The molecule has 25 heavy (non-hydrogen) atoms. The fraction of sp³-hybridized carbons (Fsp3) is 0.300. The van der Waals surface area contributed by atoms with Crippen LogP contribution in [0.4, 0.5) is 5.69 Å². The molecule has 0 bridgehead atoms. The molecule has 0 heterocycles. The monoisotopic (exact) mass is 341 g/mol. The van der Waals surface area contributed by atoms with Gasteiger partial charge in [-0.1, -0.05) is 26.0 Å². The van der Waals surface area contributed by atoms with Crippen molar-refractivity contribution in [3.63, 3.8) is 0 Å². The maximum Gasteiger partial charge on any atom is 0.345 e. The lowest BCUT2D eigenvalue weighted by Gasteiger charge is -2.18. The van der Waals surface area contributed by atoms with Crippen LogP contribution in [-0.4, -0.2) is 23.1 Å². The van der Waals surface area contributed by atoms with E-state index >= 15 is 0 Å². The number of benzene rings is 2. The number of hydrogen-bond acceptors (Lipinski definition) is 3. The van der Waals surface area contributed by atoms with Crippen LogP contribution in [0.3, 0.4) is 0 Å². The van der Waals surface area contributed by atoms with E-state index in [1.807, 2.05) is 32.0 Å². The normalized spacial score (nSPS) is 11.9. The van der Waals surface area contributed by atoms with Gasteiger partial charge in [-0.05, 0) is 55.3 Å². The predicted molar refractivity (Wildman–Crippen MR) is 97.2 cm³/mol. The molecule has 0 aromatic heterocycles. The van der Waals surface area contributed by atoms with E-state index in [-0.39, 0.29) is 11.8 Å². The average Bonchev–Trinajstić information content (AvgIpc) is 2.56. The first-order valence-electron chi connectivity index (χ1n) is 8.16. The zero-order valence-electron chi connectivity index (χ0n) is 14.9. The molecule has 0 fully saturated rings. The molecule has 5 nitrogen and oxygen atoms in total. The Morgan fingerprint density at radius 2 is 1.68 bits per heavy atom. The van der Waals surface area contributed by atoms with Gasteiger partial charge in [0.05, 0.1) is 0 Å². The van der Waals surface area contributed by atoms with Gasteiger partial charge in [-0.15, -0.1) is 0 Å². The molecule has 2 rings (SSSR count). The summed E-state index contributed by atoms with van der Waals surface area (Å²) in [6, 6.07) is 12.2. The van der Waals surface area contributed by atoms with Gasteiger partial charge in [-0.3, -0.25) is 4.79 Å². The molecule has 0 radical (unpaired) electrons. The average molecular weight is 341 g/mol. The van der Waals surface area contributed by atoms with E-state index in [9.17, 15) is 14.7 Å². The molecule has 0 aliphatic rings. The number of carbonyl (C=O) groups excluding carboxylic acids is 1. The molecular weight excluding hydrogens is 318 g/mol. The topological polar surface area (TPSA) is 75.6 Å². The van der Waals surface area contributed by atoms with E-state index < -0.39 is 12.1 Å². The minimum absolute atomic E-state index is 0.162. The van der Waals surface area contributed by atoms with Gasteiger partial charge >= 0.3 is 5.97 Å². The summed E-state index contributed by atoms with van der Waals surface area (Å²) in [5, 5.41) is 12.1. The van der Waals surface area contributed by atoms with Gasteiger partial charge in [0.1, 0.15) is 5.75 Å². The van der Waals surface area contributed by atoms with Crippen molar-refractivity contribution in [2.75, 3.05) is 5.32 Å². The summed E-state index contributed by atoms with van der Waals surface area (Å²) in [6.07, 6.45) is -0.922. The molecule has 2 N–H and O–H groups in total. The van der Waals surface area contributed by atoms with Crippen LogP contribution in [0.1, 0.15) is 35.3 Å². The van der Waals surface area contributed by atoms with Crippen LogP contribution in [0.25, 0.3) is 0 Å². The van der Waals surface area contributed by atoms with E-state index in [1.54, 1.807) is 38.1 Å². The molecule has 0 saturated carbocycles. The highest BCUT2D eigenvalue weighted by Crippen LogP contribution is 2.21. The zero-order chi connectivity index (χ0) is 18.6. The molecule has 2 aromatic rings. The molecule has 1 unspecified atom stereocenters. The van der Waals surface area contributed by atoms with Crippen LogP contribution in [0, 0.1) is 19.8 Å². The smallest absolute Gasteiger partial charge is 0.345 e. The standard InChI is InChI=1S/C20H23NO4/c1-12(2)18(20(23)24)25-16-10-8-15(9-11-16)19(22)21-17-7-5-6-13(3)14(17)4/h5-12,18H,1-4H3,(H,21,22)(H,23,24). The van der Waals surface area contributed by atoms with Crippen molar-refractivity contribution in [1.82, 2.24) is 0 Å². The number of anilines is 1. The maximum atomic E-state index is 12.4. The number of aryl methyl sites for hydroxylation is 1. The van der Waals surface area contributed by atoms with Crippen molar-refractivity contribution in [3.8, 4) is 5.75 Å². The lowest BCUT2D eigenvalue weighted by atomic mass is 10.1. The van der Waals surface area contributed by atoms with Gasteiger partial charge < -0.3 is 15.2 Å². The molecule has 1 amide bonds. The third-order valence-electron chi connectivity index (χ3n) is 4.08. The van der Waals surface area contributed by atoms with E-state index in [0.717, 1.165) is 16.8 Å². The van der Waals surface area contributed by atoms with Gasteiger partial charge in [0.15, 0.2) is 6.10 Å². The van der Waals surface area contributed by atoms with Gasteiger partial charge in [-0.2, -0.15) is 0 Å². The Labute approximate surface area is 147 Å². The van der Waals surface area contributed by atoms with Crippen molar-refractivity contribution in [2.45, 2.75) is 33.8 Å². The molecular formula is C20H23NO4. The second-order valence-electron chi connectivity index (χ2n) is 6.35. The quantitative estimate of drug-likeness (QED) is 0.831. The lowest BCUT2D eigenvalue weighted by molar-refractivity contribution is -0.147. The summed E-state index contributed by atoms with van der Waals surface area (Å²) in [6.45, 7) is 7.51. The van der Waals surface area contributed by atoms with Crippen molar-refractivity contribution in [2.24, 2.45) is 5.92 Å². The van der Waals surface area contributed by atoms with Gasteiger partial charge in [0.2, 0.25) is 0 Å². The summed E-state index contributed by atoms with van der Waals surface area (Å²) in [5.74, 6) is -0.972. The second kappa shape index (κ2) is 7.83. The Morgan fingerprint density at radius 3 is 2.24 bits per heavy atom. The van der Waals surface area contributed by atoms with Gasteiger partial charge in [0.25, 0.3) is 5.91 Å². The number of nitrogens with one attached hydrogen (secondary N) is 1. The number of hydrogen-bond donors (Lipinski definition) is 2. The van der Waals surface area contributed by atoms with E-state index in [4.69, 9.17) is 4.74 Å². The molecule has 0 saturated heterocycles. The Bertz CT molecular complexity index is 766. The number of carboxylic acid groups (broad SMARTS) is 1. The maximum absolute atomic E-state index is 12.4. The Balaban J connectivity index is 2.10. The number of carbonyl (C=O) groups is 2. The minimum atomic E-state index is -1.01. The number of amides is 1.